The fourth-order valence-electron chi connectivity index (χ4n) is 1.66. The molecule has 1 unspecified atom stereocenters. The standard InChI is InChI=1S/C15H24N2O.ClH/c1-5-10-16-12(4)15(18)17-14-8-6-13(7-9-14)11(2)3;/h6-9,11-12,16H,5,10H2,1-4H3,(H,17,18);1H. The van der Waals surface area contributed by atoms with Crippen LogP contribution in [0.1, 0.15) is 45.6 Å². The zero-order valence-electron chi connectivity index (χ0n) is 12.2. The number of amides is 1. The predicted molar refractivity (Wildman–Crippen MR) is 84.2 cm³/mol. The Balaban J connectivity index is 0.00000324. The van der Waals surface area contributed by atoms with Gasteiger partial charge in [0.15, 0.2) is 0 Å². The van der Waals surface area contributed by atoms with Gasteiger partial charge in [0.25, 0.3) is 0 Å². The van der Waals surface area contributed by atoms with Crippen LogP contribution in [0.2, 0.25) is 0 Å². The minimum Gasteiger partial charge on any atom is -0.325 e. The second-order valence-corrected chi connectivity index (χ2v) is 4.94. The van der Waals surface area contributed by atoms with Crippen molar-refractivity contribution >= 4 is 24.0 Å². The van der Waals surface area contributed by atoms with E-state index in [0.717, 1.165) is 18.7 Å². The average Bonchev–Trinajstić information content (AvgIpc) is 2.36. The van der Waals surface area contributed by atoms with Crippen LogP contribution < -0.4 is 10.6 Å². The fraction of sp³-hybridized carbons (Fsp3) is 0.533. The molecule has 1 rings (SSSR count). The van der Waals surface area contributed by atoms with Crippen LogP contribution in [0.15, 0.2) is 24.3 Å². The van der Waals surface area contributed by atoms with Crippen LogP contribution in [-0.4, -0.2) is 18.5 Å². The molecule has 0 saturated carbocycles. The molecule has 0 fully saturated rings. The van der Waals surface area contributed by atoms with E-state index in [-0.39, 0.29) is 24.4 Å². The lowest BCUT2D eigenvalue weighted by atomic mass is 10.0. The lowest BCUT2D eigenvalue weighted by Crippen LogP contribution is -2.38. The van der Waals surface area contributed by atoms with Crippen LogP contribution in [0, 0.1) is 0 Å². The van der Waals surface area contributed by atoms with Crippen molar-refractivity contribution in [3.63, 3.8) is 0 Å². The van der Waals surface area contributed by atoms with Gasteiger partial charge in [-0.05, 0) is 43.5 Å². The Morgan fingerprint density at radius 1 is 1.16 bits per heavy atom. The third-order valence-electron chi connectivity index (χ3n) is 2.94. The molecule has 0 spiro atoms. The largest absolute Gasteiger partial charge is 0.325 e. The molecule has 3 nitrogen and oxygen atoms in total. The Kier molecular flexibility index (Phi) is 8.44. The van der Waals surface area contributed by atoms with Gasteiger partial charge in [0.1, 0.15) is 0 Å². The number of carbonyl (C=O) groups excluding carboxylic acids is 1. The molecule has 1 aromatic rings. The van der Waals surface area contributed by atoms with E-state index < -0.39 is 0 Å². The molecular weight excluding hydrogens is 260 g/mol. The maximum atomic E-state index is 11.9. The molecule has 0 aliphatic heterocycles. The van der Waals surface area contributed by atoms with Crippen LogP contribution in [0.4, 0.5) is 5.69 Å². The van der Waals surface area contributed by atoms with E-state index >= 15 is 0 Å². The summed E-state index contributed by atoms with van der Waals surface area (Å²) in [7, 11) is 0. The first-order valence-electron chi connectivity index (χ1n) is 6.68. The zero-order valence-corrected chi connectivity index (χ0v) is 13.0. The average molecular weight is 285 g/mol. The summed E-state index contributed by atoms with van der Waals surface area (Å²) in [5.74, 6) is 0.528. The second kappa shape index (κ2) is 8.94. The lowest BCUT2D eigenvalue weighted by Gasteiger charge is -2.14. The highest BCUT2D eigenvalue weighted by Crippen LogP contribution is 2.17. The van der Waals surface area contributed by atoms with Crippen LogP contribution in [0.5, 0.6) is 0 Å². The Morgan fingerprint density at radius 2 is 1.74 bits per heavy atom. The predicted octanol–water partition coefficient (Wildman–Crippen LogP) is 3.56. The maximum Gasteiger partial charge on any atom is 0.241 e. The van der Waals surface area contributed by atoms with E-state index in [1.807, 2.05) is 19.1 Å². The SMILES string of the molecule is CCCNC(C)C(=O)Nc1ccc(C(C)C)cc1.Cl. The number of halogens is 1. The molecule has 0 saturated heterocycles. The van der Waals surface area contributed by atoms with Crippen molar-refractivity contribution in [2.75, 3.05) is 11.9 Å². The Hall–Kier alpha value is -1.06. The van der Waals surface area contributed by atoms with E-state index in [4.69, 9.17) is 0 Å². The Morgan fingerprint density at radius 3 is 2.21 bits per heavy atom. The third-order valence-corrected chi connectivity index (χ3v) is 2.94. The molecule has 0 aromatic heterocycles. The number of nitrogens with one attached hydrogen (secondary N) is 2. The van der Waals surface area contributed by atoms with Crippen molar-refractivity contribution in [2.24, 2.45) is 0 Å². The van der Waals surface area contributed by atoms with Gasteiger partial charge in [0.2, 0.25) is 5.91 Å². The number of carbonyl (C=O) groups is 1. The summed E-state index contributed by atoms with van der Waals surface area (Å²) in [5.41, 5.74) is 2.14. The Labute approximate surface area is 122 Å². The molecule has 108 valence electrons. The molecule has 0 radical (unpaired) electrons. The minimum atomic E-state index is -0.158. The summed E-state index contributed by atoms with van der Waals surface area (Å²) in [5, 5.41) is 6.09. The van der Waals surface area contributed by atoms with Crippen molar-refractivity contribution in [2.45, 2.75) is 46.1 Å². The highest BCUT2D eigenvalue weighted by Gasteiger charge is 2.11. The van der Waals surface area contributed by atoms with Crippen molar-refractivity contribution in [3.05, 3.63) is 29.8 Å². The highest BCUT2D eigenvalue weighted by molar-refractivity contribution is 5.94. The summed E-state index contributed by atoms with van der Waals surface area (Å²) in [6, 6.07) is 7.88. The molecule has 0 bridgehead atoms. The van der Waals surface area contributed by atoms with Gasteiger partial charge in [-0.15, -0.1) is 12.4 Å². The van der Waals surface area contributed by atoms with Crippen LogP contribution in [-0.2, 0) is 4.79 Å². The third kappa shape index (κ3) is 6.08. The van der Waals surface area contributed by atoms with Gasteiger partial charge in [-0.3, -0.25) is 4.79 Å². The van der Waals surface area contributed by atoms with Gasteiger partial charge in [-0.2, -0.15) is 0 Å². The molecule has 2 N–H and O–H groups in total. The quantitative estimate of drug-likeness (QED) is 0.839. The molecule has 4 heteroatoms. The number of rotatable bonds is 6. The van der Waals surface area contributed by atoms with Crippen molar-refractivity contribution in [1.29, 1.82) is 0 Å². The molecule has 1 aromatic carbocycles. The van der Waals surface area contributed by atoms with E-state index in [9.17, 15) is 4.79 Å². The van der Waals surface area contributed by atoms with Crippen LogP contribution >= 0.6 is 12.4 Å². The normalized spacial score (nSPS) is 11.8. The van der Waals surface area contributed by atoms with Crippen molar-refractivity contribution < 1.29 is 4.79 Å². The molecule has 0 aliphatic rings. The van der Waals surface area contributed by atoms with Gasteiger partial charge in [0, 0.05) is 5.69 Å². The van der Waals surface area contributed by atoms with E-state index in [2.05, 4.69) is 43.5 Å². The monoisotopic (exact) mass is 284 g/mol. The van der Waals surface area contributed by atoms with Gasteiger partial charge in [-0.25, -0.2) is 0 Å². The lowest BCUT2D eigenvalue weighted by molar-refractivity contribution is -0.117. The summed E-state index contributed by atoms with van der Waals surface area (Å²) in [4.78, 5) is 11.9. The summed E-state index contributed by atoms with van der Waals surface area (Å²) in [6.07, 6.45) is 1.03. The molecule has 19 heavy (non-hydrogen) atoms. The first-order valence-corrected chi connectivity index (χ1v) is 6.68. The molecule has 1 atom stereocenters. The van der Waals surface area contributed by atoms with Gasteiger partial charge >= 0.3 is 0 Å². The van der Waals surface area contributed by atoms with E-state index in [1.165, 1.54) is 5.56 Å². The smallest absolute Gasteiger partial charge is 0.241 e. The van der Waals surface area contributed by atoms with Gasteiger partial charge in [-0.1, -0.05) is 32.9 Å². The van der Waals surface area contributed by atoms with E-state index in [0.29, 0.717) is 5.92 Å². The van der Waals surface area contributed by atoms with E-state index in [1.54, 1.807) is 0 Å². The van der Waals surface area contributed by atoms with Crippen LogP contribution in [0.25, 0.3) is 0 Å². The molecule has 0 heterocycles. The van der Waals surface area contributed by atoms with Crippen molar-refractivity contribution in [1.82, 2.24) is 5.32 Å². The zero-order chi connectivity index (χ0) is 13.5. The van der Waals surface area contributed by atoms with Gasteiger partial charge < -0.3 is 10.6 Å². The van der Waals surface area contributed by atoms with Crippen molar-refractivity contribution in [3.8, 4) is 0 Å². The number of anilines is 1. The molecule has 0 aliphatic carbocycles. The highest BCUT2D eigenvalue weighted by atomic mass is 35.5. The number of hydrogen-bond acceptors (Lipinski definition) is 2. The first kappa shape index (κ1) is 17.9. The summed E-state index contributed by atoms with van der Waals surface area (Å²) < 4.78 is 0. The summed E-state index contributed by atoms with van der Waals surface area (Å²) >= 11 is 0. The van der Waals surface area contributed by atoms with Crippen LogP contribution in [0.3, 0.4) is 0 Å². The fourth-order valence-corrected chi connectivity index (χ4v) is 1.66. The first-order chi connectivity index (χ1) is 8.54. The number of hydrogen-bond donors (Lipinski definition) is 2. The summed E-state index contributed by atoms with van der Waals surface area (Å²) in [6.45, 7) is 9.14. The second-order valence-electron chi connectivity index (χ2n) is 4.94. The Bertz CT molecular complexity index is 376. The maximum absolute atomic E-state index is 11.9. The minimum absolute atomic E-state index is 0. The topological polar surface area (TPSA) is 41.1 Å². The number of benzene rings is 1. The van der Waals surface area contributed by atoms with Gasteiger partial charge in [0.05, 0.1) is 6.04 Å². The molecular formula is C15H25ClN2O. The molecule has 1 amide bonds.